The van der Waals surface area contributed by atoms with Crippen LogP contribution in [0.4, 0.5) is 11.6 Å². The molecule has 1 spiro atoms. The van der Waals surface area contributed by atoms with E-state index in [1.54, 1.807) is 6.20 Å². The predicted octanol–water partition coefficient (Wildman–Crippen LogP) is 1.98. The second-order valence-corrected chi connectivity index (χ2v) is 13.3. The lowest BCUT2D eigenvalue weighted by Gasteiger charge is -2.41. The Hall–Kier alpha value is -1.49. The van der Waals surface area contributed by atoms with Crippen molar-refractivity contribution in [3.05, 3.63) is 24.2 Å². The molecule has 0 aromatic carbocycles. The SMILES string of the molecule is N[C@@H]1[C@H](I)OCC12CCN(c1ncc(Sc3ccnc4c3OC[C@@H]3C[C@H](OC5COC5)CN43)nc1CO)CC2. The van der Waals surface area contributed by atoms with E-state index >= 15 is 0 Å². The lowest BCUT2D eigenvalue weighted by Crippen LogP contribution is -2.50. The third-order valence-corrected chi connectivity index (χ3v) is 10.7. The number of rotatable bonds is 6. The molecule has 13 heteroatoms. The van der Waals surface area contributed by atoms with Crippen molar-refractivity contribution in [2.45, 2.75) is 64.2 Å². The molecule has 4 saturated heterocycles. The number of hydrogen-bond acceptors (Lipinski definition) is 12. The largest absolute Gasteiger partial charge is 0.486 e. The van der Waals surface area contributed by atoms with Crippen LogP contribution in [-0.2, 0) is 20.8 Å². The van der Waals surface area contributed by atoms with Crippen molar-refractivity contribution in [1.29, 1.82) is 0 Å². The zero-order valence-corrected chi connectivity index (χ0v) is 24.6. The smallest absolute Gasteiger partial charge is 0.175 e. The highest BCUT2D eigenvalue weighted by molar-refractivity contribution is 14.1. The van der Waals surface area contributed by atoms with E-state index in [0.29, 0.717) is 37.1 Å². The number of alkyl halides is 1. The highest BCUT2D eigenvalue weighted by Crippen LogP contribution is 2.46. The van der Waals surface area contributed by atoms with E-state index in [4.69, 9.17) is 34.6 Å². The van der Waals surface area contributed by atoms with Crippen molar-refractivity contribution in [3.63, 3.8) is 0 Å². The molecule has 39 heavy (non-hydrogen) atoms. The Labute approximate surface area is 245 Å². The fourth-order valence-electron chi connectivity index (χ4n) is 6.27. The minimum Gasteiger partial charge on any atom is -0.486 e. The summed E-state index contributed by atoms with van der Waals surface area (Å²) in [7, 11) is 0. The Bertz CT molecular complexity index is 1220. The first-order chi connectivity index (χ1) is 19.0. The highest BCUT2D eigenvalue weighted by Gasteiger charge is 2.48. The van der Waals surface area contributed by atoms with Crippen molar-refractivity contribution in [3.8, 4) is 5.75 Å². The molecule has 0 amide bonds. The molecule has 210 valence electrons. The van der Waals surface area contributed by atoms with E-state index in [9.17, 15) is 5.11 Å². The van der Waals surface area contributed by atoms with E-state index in [1.807, 2.05) is 12.3 Å². The van der Waals surface area contributed by atoms with E-state index in [1.165, 1.54) is 11.8 Å². The zero-order valence-electron chi connectivity index (χ0n) is 21.6. The Morgan fingerprint density at radius 1 is 1.18 bits per heavy atom. The van der Waals surface area contributed by atoms with Crippen LogP contribution in [0.5, 0.6) is 5.75 Å². The molecule has 4 atom stereocenters. The molecule has 5 aliphatic rings. The topological polar surface area (TPSA) is 128 Å². The van der Waals surface area contributed by atoms with Gasteiger partial charge < -0.3 is 39.6 Å². The molecular formula is C26H33IN6O5S. The van der Waals surface area contributed by atoms with Crippen LogP contribution in [0.2, 0.25) is 0 Å². The van der Waals surface area contributed by atoms with Gasteiger partial charge in [0.1, 0.15) is 27.5 Å². The number of nitrogens with two attached hydrogens (primary N) is 1. The van der Waals surface area contributed by atoms with Gasteiger partial charge in [-0.1, -0.05) is 11.8 Å². The van der Waals surface area contributed by atoms with Gasteiger partial charge in [-0.2, -0.15) is 0 Å². The second-order valence-electron chi connectivity index (χ2n) is 11.0. The van der Waals surface area contributed by atoms with Crippen molar-refractivity contribution >= 4 is 46.0 Å². The van der Waals surface area contributed by atoms with Gasteiger partial charge in [0.05, 0.1) is 49.7 Å². The number of hydrogen-bond donors (Lipinski definition) is 2. The van der Waals surface area contributed by atoms with Crippen molar-refractivity contribution < 1.29 is 24.1 Å². The molecule has 7 rings (SSSR count). The Balaban J connectivity index is 1.05. The molecule has 0 radical (unpaired) electrons. The Morgan fingerprint density at radius 3 is 2.74 bits per heavy atom. The van der Waals surface area contributed by atoms with Gasteiger partial charge in [0.2, 0.25) is 0 Å². The second kappa shape index (κ2) is 10.7. The summed E-state index contributed by atoms with van der Waals surface area (Å²) in [4.78, 5) is 19.7. The van der Waals surface area contributed by atoms with Crippen LogP contribution in [0, 0.1) is 5.41 Å². The average Bonchev–Trinajstić information content (AvgIpc) is 3.48. The number of anilines is 2. The number of fused-ring (bicyclic) bond motifs is 3. The van der Waals surface area contributed by atoms with E-state index in [-0.39, 0.29) is 40.4 Å². The lowest BCUT2D eigenvalue weighted by molar-refractivity contribution is -0.150. The number of nitrogens with zero attached hydrogens (tertiary/aromatic N) is 5. The molecular weight excluding hydrogens is 635 g/mol. The van der Waals surface area contributed by atoms with Gasteiger partial charge in [-0.3, -0.25) is 0 Å². The first kappa shape index (κ1) is 26.4. The van der Waals surface area contributed by atoms with Crippen LogP contribution in [0.15, 0.2) is 28.4 Å². The van der Waals surface area contributed by atoms with Crippen LogP contribution < -0.4 is 20.3 Å². The first-order valence-electron chi connectivity index (χ1n) is 13.6. The quantitative estimate of drug-likeness (QED) is 0.345. The molecule has 2 aromatic heterocycles. The number of ether oxygens (including phenoxy) is 4. The van der Waals surface area contributed by atoms with Gasteiger partial charge in [0.25, 0.3) is 0 Å². The fourth-order valence-corrected chi connectivity index (χ4v) is 8.08. The minimum atomic E-state index is -0.176. The summed E-state index contributed by atoms with van der Waals surface area (Å²) in [6, 6.07) is 2.25. The van der Waals surface area contributed by atoms with Gasteiger partial charge in [-0.15, -0.1) is 0 Å². The molecule has 3 N–H and O–H groups in total. The molecule has 0 aliphatic carbocycles. The third-order valence-electron chi connectivity index (χ3n) is 8.65. The average molecular weight is 669 g/mol. The van der Waals surface area contributed by atoms with Gasteiger partial charge >= 0.3 is 0 Å². The monoisotopic (exact) mass is 668 g/mol. The number of pyridine rings is 1. The van der Waals surface area contributed by atoms with Crippen LogP contribution in [0.1, 0.15) is 25.0 Å². The summed E-state index contributed by atoms with van der Waals surface area (Å²) in [6.07, 6.45) is 6.77. The summed E-state index contributed by atoms with van der Waals surface area (Å²) < 4.78 is 23.6. The van der Waals surface area contributed by atoms with Crippen LogP contribution in [0.25, 0.3) is 0 Å². The van der Waals surface area contributed by atoms with Crippen LogP contribution >= 0.6 is 34.4 Å². The maximum absolute atomic E-state index is 10.2. The van der Waals surface area contributed by atoms with Gasteiger partial charge in [0, 0.05) is 37.3 Å². The summed E-state index contributed by atoms with van der Waals surface area (Å²) in [5.74, 6) is 2.36. The summed E-state index contributed by atoms with van der Waals surface area (Å²) in [5, 5.41) is 10.9. The first-order valence-corrected chi connectivity index (χ1v) is 15.6. The van der Waals surface area contributed by atoms with E-state index < -0.39 is 0 Å². The van der Waals surface area contributed by atoms with Crippen molar-refractivity contribution in [2.24, 2.45) is 11.1 Å². The molecule has 4 fully saturated rings. The number of aliphatic hydroxyl groups excluding tert-OH is 1. The molecule has 0 unspecified atom stereocenters. The van der Waals surface area contributed by atoms with Crippen LogP contribution in [-0.4, -0.2) is 94.5 Å². The summed E-state index contributed by atoms with van der Waals surface area (Å²) >= 11 is 3.78. The standard InChI is InChI=1S/C26H33IN6O5S/c27-23-22(28)26(14-37-23)2-5-32(6-3-26)24-18(10-34)31-20(8-30-24)39-19-1-4-29-25-21(19)36-11-15-7-16(9-33(15)25)38-17-12-35-13-17/h1,4,8,15-17,22-23,34H,2-3,5-7,9-14,28H2/t15-,16-,22+,23+/m0/s1. The van der Waals surface area contributed by atoms with Gasteiger partial charge in [-0.25, -0.2) is 15.0 Å². The fraction of sp³-hybridized carbons (Fsp3) is 0.654. The Kier molecular flexibility index (Phi) is 7.26. The highest BCUT2D eigenvalue weighted by atomic mass is 127. The van der Waals surface area contributed by atoms with Gasteiger partial charge in [0.15, 0.2) is 17.4 Å². The molecule has 0 bridgehead atoms. The number of aliphatic hydroxyl groups is 1. The van der Waals surface area contributed by atoms with Gasteiger partial charge in [-0.05, 0) is 47.9 Å². The maximum Gasteiger partial charge on any atom is 0.175 e. The summed E-state index contributed by atoms with van der Waals surface area (Å²) in [6.45, 7) is 4.94. The molecule has 0 saturated carbocycles. The number of aromatic nitrogens is 3. The number of piperidine rings is 1. The molecule has 11 nitrogen and oxygen atoms in total. The lowest BCUT2D eigenvalue weighted by atomic mass is 9.75. The molecule has 7 heterocycles. The Morgan fingerprint density at radius 2 is 2.03 bits per heavy atom. The maximum atomic E-state index is 10.2. The third kappa shape index (κ3) is 4.87. The molecule has 5 aliphatic heterocycles. The molecule has 2 aromatic rings. The summed E-state index contributed by atoms with van der Waals surface area (Å²) in [5.41, 5.74) is 7.09. The normalized spacial score (nSPS) is 29.7. The van der Waals surface area contributed by atoms with Crippen molar-refractivity contribution in [1.82, 2.24) is 15.0 Å². The van der Waals surface area contributed by atoms with Crippen LogP contribution in [0.3, 0.4) is 0 Å². The van der Waals surface area contributed by atoms with E-state index in [0.717, 1.165) is 61.2 Å². The van der Waals surface area contributed by atoms with Crippen molar-refractivity contribution in [2.75, 3.05) is 55.9 Å². The van der Waals surface area contributed by atoms with E-state index in [2.05, 4.69) is 37.4 Å². The predicted molar refractivity (Wildman–Crippen MR) is 153 cm³/mol. The minimum absolute atomic E-state index is 0.0253. The number of halogens is 1. The zero-order chi connectivity index (χ0) is 26.6.